The lowest BCUT2D eigenvalue weighted by molar-refractivity contribution is -0.121. The van der Waals surface area contributed by atoms with Gasteiger partial charge < -0.3 is 16.0 Å². The van der Waals surface area contributed by atoms with Crippen molar-refractivity contribution >= 4 is 28.2 Å². The Hall–Kier alpha value is -1.91. The maximum absolute atomic E-state index is 12.8. The summed E-state index contributed by atoms with van der Waals surface area (Å²) in [5, 5.41) is 12.4. The lowest BCUT2D eigenvalue weighted by Gasteiger charge is -2.31. The first-order valence-corrected chi connectivity index (χ1v) is 10.2. The summed E-state index contributed by atoms with van der Waals surface area (Å²) in [6.45, 7) is 4.52. The molecule has 1 aliphatic carbocycles. The third-order valence-electron chi connectivity index (χ3n) is 5.41. The standard InChI is InChI=1S/C19H26N4O2S/c1-12-5-6-14-15(10-12)26-19(16(14)17(21)24)22-18(25)13-4-2-8-23(11-13)9-3-7-20/h12-13H,2-6,8-11H2,1H3,(H2,21,24)(H,22,25). The highest BCUT2D eigenvalue weighted by Gasteiger charge is 2.30. The number of likely N-dealkylation sites (tertiary alicyclic amines) is 1. The molecular formula is C19H26N4O2S. The van der Waals surface area contributed by atoms with Crippen LogP contribution in [0.15, 0.2) is 0 Å². The van der Waals surface area contributed by atoms with Gasteiger partial charge in [0.25, 0.3) is 5.91 Å². The van der Waals surface area contributed by atoms with Crippen LogP contribution < -0.4 is 11.1 Å². The number of hydrogen-bond acceptors (Lipinski definition) is 5. The van der Waals surface area contributed by atoms with Gasteiger partial charge in [0.1, 0.15) is 5.00 Å². The number of nitrogens with two attached hydrogens (primary N) is 1. The Morgan fingerprint density at radius 2 is 2.23 bits per heavy atom. The van der Waals surface area contributed by atoms with Crippen LogP contribution in [-0.2, 0) is 17.6 Å². The molecule has 6 nitrogen and oxygen atoms in total. The Morgan fingerprint density at radius 3 is 2.96 bits per heavy atom. The average Bonchev–Trinajstić information content (AvgIpc) is 2.97. The molecule has 1 aromatic heterocycles. The average molecular weight is 375 g/mol. The third kappa shape index (κ3) is 4.08. The van der Waals surface area contributed by atoms with Crippen molar-refractivity contribution in [2.75, 3.05) is 25.0 Å². The summed E-state index contributed by atoms with van der Waals surface area (Å²) in [4.78, 5) is 28.2. The molecule has 2 aliphatic rings. The number of nitriles is 1. The van der Waals surface area contributed by atoms with Crippen molar-refractivity contribution in [2.24, 2.45) is 17.6 Å². The minimum Gasteiger partial charge on any atom is -0.365 e. The van der Waals surface area contributed by atoms with E-state index in [0.717, 1.165) is 44.2 Å². The summed E-state index contributed by atoms with van der Waals surface area (Å²) in [5.74, 6) is -0.00821. The Bertz CT molecular complexity index is 737. The van der Waals surface area contributed by atoms with Gasteiger partial charge >= 0.3 is 0 Å². The van der Waals surface area contributed by atoms with Crippen LogP contribution in [0.2, 0.25) is 0 Å². The van der Waals surface area contributed by atoms with E-state index in [-0.39, 0.29) is 11.8 Å². The predicted octanol–water partition coefficient (Wildman–Crippen LogP) is 2.54. The highest BCUT2D eigenvalue weighted by molar-refractivity contribution is 7.17. The number of nitrogens with one attached hydrogen (secondary N) is 1. The largest absolute Gasteiger partial charge is 0.365 e. The van der Waals surface area contributed by atoms with Crippen LogP contribution >= 0.6 is 11.3 Å². The van der Waals surface area contributed by atoms with Crippen molar-refractivity contribution in [1.29, 1.82) is 5.26 Å². The molecule has 0 aromatic carbocycles. The number of carbonyl (C=O) groups is 2. The summed E-state index contributed by atoms with van der Waals surface area (Å²) in [7, 11) is 0. The topological polar surface area (TPSA) is 99.2 Å². The Kier molecular flexibility index (Phi) is 5.94. The minimum atomic E-state index is -0.452. The van der Waals surface area contributed by atoms with E-state index < -0.39 is 5.91 Å². The summed E-state index contributed by atoms with van der Waals surface area (Å²) in [6, 6.07) is 2.16. The van der Waals surface area contributed by atoms with E-state index in [1.165, 1.54) is 16.2 Å². The molecule has 2 amide bonds. The molecule has 2 unspecified atom stereocenters. The second kappa shape index (κ2) is 8.19. The first-order chi connectivity index (χ1) is 12.5. The zero-order valence-electron chi connectivity index (χ0n) is 15.2. The van der Waals surface area contributed by atoms with Gasteiger partial charge in [0, 0.05) is 24.4 Å². The molecule has 7 heteroatoms. The number of carbonyl (C=O) groups excluding carboxylic acids is 2. The number of rotatable bonds is 5. The molecule has 1 aliphatic heterocycles. The first-order valence-electron chi connectivity index (χ1n) is 9.34. The van der Waals surface area contributed by atoms with Gasteiger partial charge in [0.2, 0.25) is 5.91 Å². The van der Waals surface area contributed by atoms with Crippen LogP contribution in [-0.4, -0.2) is 36.3 Å². The van der Waals surface area contributed by atoms with Crippen molar-refractivity contribution in [3.05, 3.63) is 16.0 Å². The minimum absolute atomic E-state index is 0.0409. The fourth-order valence-electron chi connectivity index (χ4n) is 3.99. The van der Waals surface area contributed by atoms with Gasteiger partial charge in [-0.05, 0) is 50.1 Å². The maximum atomic E-state index is 12.8. The third-order valence-corrected chi connectivity index (χ3v) is 6.58. The van der Waals surface area contributed by atoms with E-state index in [1.54, 1.807) is 0 Å². The fourth-order valence-corrected chi connectivity index (χ4v) is 5.41. The van der Waals surface area contributed by atoms with E-state index in [2.05, 4.69) is 23.2 Å². The Balaban J connectivity index is 1.73. The molecule has 140 valence electrons. The number of nitrogens with zero attached hydrogens (tertiary/aromatic N) is 2. The molecule has 1 fully saturated rings. The van der Waals surface area contributed by atoms with Crippen LogP contribution in [0, 0.1) is 23.2 Å². The first kappa shape index (κ1) is 18.9. The van der Waals surface area contributed by atoms with Crippen LogP contribution in [0.4, 0.5) is 5.00 Å². The normalized spacial score (nSPS) is 23.1. The van der Waals surface area contributed by atoms with E-state index >= 15 is 0 Å². The molecule has 26 heavy (non-hydrogen) atoms. The fraction of sp³-hybridized carbons (Fsp3) is 0.632. The molecule has 2 atom stereocenters. The van der Waals surface area contributed by atoms with Crippen molar-refractivity contribution in [3.8, 4) is 6.07 Å². The second-order valence-corrected chi connectivity index (χ2v) is 8.56. The predicted molar refractivity (Wildman–Crippen MR) is 102 cm³/mol. The van der Waals surface area contributed by atoms with Crippen molar-refractivity contribution in [2.45, 2.75) is 45.4 Å². The molecule has 3 N–H and O–H groups in total. The lowest BCUT2D eigenvalue weighted by atomic mass is 9.88. The maximum Gasteiger partial charge on any atom is 0.251 e. The number of amides is 2. The molecule has 1 aromatic rings. The highest BCUT2D eigenvalue weighted by Crippen LogP contribution is 2.39. The second-order valence-electron chi connectivity index (χ2n) is 7.46. The summed E-state index contributed by atoms with van der Waals surface area (Å²) >= 11 is 1.51. The van der Waals surface area contributed by atoms with Gasteiger partial charge in [0.15, 0.2) is 0 Å². The monoisotopic (exact) mass is 374 g/mol. The van der Waals surface area contributed by atoms with E-state index in [1.807, 2.05) is 0 Å². The number of hydrogen-bond donors (Lipinski definition) is 2. The van der Waals surface area contributed by atoms with Crippen LogP contribution in [0.3, 0.4) is 0 Å². The van der Waals surface area contributed by atoms with Gasteiger partial charge in [0.05, 0.1) is 17.6 Å². The van der Waals surface area contributed by atoms with Crippen molar-refractivity contribution < 1.29 is 9.59 Å². The molecule has 0 bridgehead atoms. The molecule has 3 rings (SSSR count). The van der Waals surface area contributed by atoms with Crippen molar-refractivity contribution in [3.63, 3.8) is 0 Å². The van der Waals surface area contributed by atoms with Crippen LogP contribution in [0.5, 0.6) is 0 Å². The van der Waals surface area contributed by atoms with E-state index in [0.29, 0.717) is 36.0 Å². The Morgan fingerprint density at radius 1 is 1.42 bits per heavy atom. The zero-order chi connectivity index (χ0) is 18.7. The number of primary amides is 1. The van der Waals surface area contributed by atoms with Gasteiger partial charge in [-0.2, -0.15) is 5.26 Å². The summed E-state index contributed by atoms with van der Waals surface area (Å²) in [5.41, 5.74) is 7.18. The quantitative estimate of drug-likeness (QED) is 0.827. The number of thiophene rings is 1. The van der Waals surface area contributed by atoms with Gasteiger partial charge in [-0.15, -0.1) is 11.3 Å². The number of anilines is 1. The molecule has 0 spiro atoms. The van der Waals surface area contributed by atoms with Gasteiger partial charge in [-0.3, -0.25) is 9.59 Å². The Labute approximate surface area is 158 Å². The van der Waals surface area contributed by atoms with Crippen LogP contribution in [0.25, 0.3) is 0 Å². The molecular weight excluding hydrogens is 348 g/mol. The highest BCUT2D eigenvalue weighted by atomic mass is 32.1. The van der Waals surface area contributed by atoms with Gasteiger partial charge in [-0.25, -0.2) is 0 Å². The number of piperidine rings is 1. The van der Waals surface area contributed by atoms with Gasteiger partial charge in [-0.1, -0.05) is 6.92 Å². The number of fused-ring (bicyclic) bond motifs is 1. The summed E-state index contributed by atoms with van der Waals surface area (Å²) < 4.78 is 0. The summed E-state index contributed by atoms with van der Waals surface area (Å²) in [6.07, 6.45) is 5.12. The lowest BCUT2D eigenvalue weighted by Crippen LogP contribution is -2.41. The van der Waals surface area contributed by atoms with Crippen LogP contribution in [0.1, 0.15) is 53.4 Å². The van der Waals surface area contributed by atoms with Crippen molar-refractivity contribution in [1.82, 2.24) is 4.90 Å². The smallest absolute Gasteiger partial charge is 0.251 e. The zero-order valence-corrected chi connectivity index (χ0v) is 16.0. The SMILES string of the molecule is CC1CCc2c(sc(NC(=O)C3CCCN(CCC#N)C3)c2C(N)=O)C1. The van der Waals surface area contributed by atoms with E-state index in [9.17, 15) is 9.59 Å². The molecule has 1 saturated heterocycles. The van der Waals surface area contributed by atoms with E-state index in [4.69, 9.17) is 11.0 Å². The molecule has 0 saturated carbocycles. The molecule has 0 radical (unpaired) electrons. The molecule has 2 heterocycles.